The largest absolute Gasteiger partial charge is 0.480 e. The number of nitrogens with zero attached hydrogens (tertiary/aromatic N) is 1. The number of amides is 2. The number of aliphatic carboxylic acids is 1. The summed E-state index contributed by atoms with van der Waals surface area (Å²) < 4.78 is 0. The number of rotatable bonds is 4. The minimum absolute atomic E-state index is 0.0852. The Hall–Kier alpha value is -1.56. The quantitative estimate of drug-likeness (QED) is 0.896. The van der Waals surface area contributed by atoms with Gasteiger partial charge in [0.05, 0.1) is 0 Å². The van der Waals surface area contributed by atoms with Crippen molar-refractivity contribution >= 4 is 23.3 Å². The van der Waals surface area contributed by atoms with Crippen LogP contribution in [0.3, 0.4) is 0 Å². The zero-order valence-electron chi connectivity index (χ0n) is 11.8. The van der Waals surface area contributed by atoms with Crippen molar-refractivity contribution in [3.8, 4) is 0 Å². The summed E-state index contributed by atoms with van der Waals surface area (Å²) in [4.78, 5) is 26.5. The molecular formula is C14H20N2O3S. The highest BCUT2D eigenvalue weighted by atomic mass is 32.1. The van der Waals surface area contributed by atoms with E-state index in [9.17, 15) is 14.7 Å². The van der Waals surface area contributed by atoms with E-state index in [1.165, 1.54) is 10.4 Å². The van der Waals surface area contributed by atoms with Crippen LogP contribution >= 0.6 is 11.3 Å². The summed E-state index contributed by atoms with van der Waals surface area (Å²) in [7, 11) is 0. The van der Waals surface area contributed by atoms with Gasteiger partial charge in [0.2, 0.25) is 0 Å². The summed E-state index contributed by atoms with van der Waals surface area (Å²) in [6.45, 7) is 4.97. The van der Waals surface area contributed by atoms with Gasteiger partial charge in [0.1, 0.15) is 6.04 Å². The van der Waals surface area contributed by atoms with Crippen LogP contribution in [0, 0.1) is 5.92 Å². The van der Waals surface area contributed by atoms with Gasteiger partial charge in [-0.3, -0.25) is 0 Å². The highest BCUT2D eigenvalue weighted by Crippen LogP contribution is 2.24. The molecular weight excluding hydrogens is 276 g/mol. The molecule has 0 spiro atoms. The average molecular weight is 296 g/mol. The van der Waals surface area contributed by atoms with Crippen LogP contribution in [-0.2, 0) is 17.8 Å². The second-order valence-corrected chi connectivity index (χ2v) is 6.19. The molecule has 0 saturated carbocycles. The molecule has 1 aromatic heterocycles. The van der Waals surface area contributed by atoms with Crippen molar-refractivity contribution in [3.63, 3.8) is 0 Å². The molecule has 0 unspecified atom stereocenters. The fraction of sp³-hybridized carbons (Fsp3) is 0.571. The number of urea groups is 1. The number of hydrogen-bond donors (Lipinski definition) is 2. The van der Waals surface area contributed by atoms with Crippen LogP contribution in [0.15, 0.2) is 11.4 Å². The number of hydrogen-bond acceptors (Lipinski definition) is 3. The predicted molar refractivity (Wildman–Crippen MR) is 77.8 cm³/mol. The number of fused-ring (bicyclic) bond motifs is 1. The first-order valence-electron chi connectivity index (χ1n) is 6.86. The Morgan fingerprint density at radius 1 is 1.55 bits per heavy atom. The lowest BCUT2D eigenvalue weighted by atomic mass is 9.99. The van der Waals surface area contributed by atoms with Gasteiger partial charge in [0.15, 0.2) is 0 Å². The van der Waals surface area contributed by atoms with Crippen LogP contribution in [-0.4, -0.2) is 34.6 Å². The topological polar surface area (TPSA) is 69.6 Å². The normalized spacial score (nSPS) is 17.2. The van der Waals surface area contributed by atoms with Gasteiger partial charge in [-0.25, -0.2) is 9.59 Å². The second-order valence-electron chi connectivity index (χ2n) is 5.19. The van der Waals surface area contributed by atoms with Crippen molar-refractivity contribution in [2.24, 2.45) is 5.92 Å². The zero-order valence-corrected chi connectivity index (χ0v) is 12.6. The fourth-order valence-corrected chi connectivity index (χ4v) is 3.22. The molecule has 0 aromatic carbocycles. The van der Waals surface area contributed by atoms with E-state index in [0.29, 0.717) is 19.5 Å². The van der Waals surface area contributed by atoms with Crippen molar-refractivity contribution in [1.29, 1.82) is 0 Å². The molecule has 2 N–H and O–H groups in total. The lowest BCUT2D eigenvalue weighted by Crippen LogP contribution is -2.51. The molecule has 20 heavy (non-hydrogen) atoms. The molecule has 2 rings (SSSR count). The molecule has 0 radical (unpaired) electrons. The Kier molecular flexibility index (Phi) is 4.65. The van der Waals surface area contributed by atoms with E-state index in [1.807, 2.05) is 25.3 Å². The summed E-state index contributed by atoms with van der Waals surface area (Å²) in [5, 5.41) is 13.9. The molecule has 6 heteroatoms. The maximum atomic E-state index is 12.2. The Balaban J connectivity index is 2.00. The maximum absolute atomic E-state index is 12.2. The van der Waals surface area contributed by atoms with Gasteiger partial charge < -0.3 is 15.3 Å². The molecule has 0 bridgehead atoms. The summed E-state index contributed by atoms with van der Waals surface area (Å²) in [5.74, 6) is -1.06. The molecule has 0 fully saturated rings. The number of thiophene rings is 1. The van der Waals surface area contributed by atoms with Crippen LogP contribution in [0.2, 0.25) is 0 Å². The third-order valence-corrected chi connectivity index (χ3v) is 4.88. The third-order valence-electron chi connectivity index (χ3n) is 3.85. The predicted octanol–water partition coefficient (Wildman–Crippen LogP) is 2.32. The number of carboxylic acid groups (broad SMARTS) is 1. The van der Waals surface area contributed by atoms with Crippen molar-refractivity contribution in [2.45, 2.75) is 39.3 Å². The van der Waals surface area contributed by atoms with Crippen LogP contribution in [0.5, 0.6) is 0 Å². The first-order chi connectivity index (χ1) is 9.52. The second kappa shape index (κ2) is 6.26. The lowest BCUT2D eigenvalue weighted by molar-refractivity contribution is -0.140. The van der Waals surface area contributed by atoms with Gasteiger partial charge in [-0.2, -0.15) is 0 Å². The number of carbonyl (C=O) groups excluding carboxylic acids is 1. The summed E-state index contributed by atoms with van der Waals surface area (Å²) in [6.07, 6.45) is 1.56. The molecule has 0 saturated heterocycles. The van der Waals surface area contributed by atoms with Crippen LogP contribution in [0.1, 0.15) is 30.7 Å². The lowest BCUT2D eigenvalue weighted by Gasteiger charge is -2.29. The molecule has 1 aromatic rings. The van der Waals surface area contributed by atoms with Crippen LogP contribution < -0.4 is 5.32 Å². The maximum Gasteiger partial charge on any atom is 0.326 e. The van der Waals surface area contributed by atoms with E-state index in [0.717, 1.165) is 6.42 Å². The molecule has 1 aliphatic rings. The molecule has 5 nitrogen and oxygen atoms in total. The average Bonchev–Trinajstić information content (AvgIpc) is 2.90. The molecule has 2 amide bonds. The first kappa shape index (κ1) is 14.8. The minimum atomic E-state index is -0.971. The van der Waals surface area contributed by atoms with Gasteiger partial charge in [-0.05, 0) is 29.3 Å². The monoisotopic (exact) mass is 296 g/mol. The standard InChI is InChI=1S/C14H20N2O3S/c1-3-9(2)12(13(17)18)15-14(19)16-6-4-11-10(8-16)5-7-20-11/h5,7,9,12H,3-4,6,8H2,1-2H3,(H,15,19)(H,17,18)/t9-,12-/m0/s1. The van der Waals surface area contributed by atoms with E-state index in [4.69, 9.17) is 0 Å². The van der Waals surface area contributed by atoms with Crippen LogP contribution in [0.4, 0.5) is 4.79 Å². The molecule has 2 heterocycles. The summed E-state index contributed by atoms with van der Waals surface area (Å²) in [5.41, 5.74) is 1.17. The van der Waals surface area contributed by atoms with E-state index < -0.39 is 12.0 Å². The van der Waals surface area contributed by atoms with E-state index >= 15 is 0 Å². The number of carbonyl (C=O) groups is 2. The molecule has 1 aliphatic heterocycles. The van der Waals surface area contributed by atoms with Crippen LogP contribution in [0.25, 0.3) is 0 Å². The highest BCUT2D eigenvalue weighted by Gasteiger charge is 2.29. The van der Waals surface area contributed by atoms with Gasteiger partial charge >= 0.3 is 12.0 Å². The summed E-state index contributed by atoms with van der Waals surface area (Å²) >= 11 is 1.71. The van der Waals surface area contributed by atoms with Crippen molar-refractivity contribution in [3.05, 3.63) is 21.9 Å². The Morgan fingerprint density at radius 2 is 2.30 bits per heavy atom. The SMILES string of the molecule is CC[C@H](C)[C@H](NC(=O)N1CCc2sccc2C1)C(=O)O. The third kappa shape index (κ3) is 3.12. The number of carboxylic acids is 1. The van der Waals surface area contributed by atoms with Gasteiger partial charge in [-0.15, -0.1) is 11.3 Å². The molecule has 0 aliphatic carbocycles. The summed E-state index contributed by atoms with van der Waals surface area (Å²) in [6, 6.07) is 0.925. The van der Waals surface area contributed by atoms with Crippen molar-refractivity contribution < 1.29 is 14.7 Å². The van der Waals surface area contributed by atoms with Gasteiger partial charge in [-0.1, -0.05) is 20.3 Å². The number of nitrogens with one attached hydrogen (secondary N) is 1. The fourth-order valence-electron chi connectivity index (χ4n) is 2.33. The molecule has 110 valence electrons. The van der Waals surface area contributed by atoms with E-state index in [-0.39, 0.29) is 11.9 Å². The van der Waals surface area contributed by atoms with Gasteiger partial charge in [0, 0.05) is 18.0 Å². The van der Waals surface area contributed by atoms with Crippen molar-refractivity contribution in [1.82, 2.24) is 10.2 Å². The smallest absolute Gasteiger partial charge is 0.326 e. The van der Waals surface area contributed by atoms with E-state index in [1.54, 1.807) is 16.2 Å². The van der Waals surface area contributed by atoms with Crippen molar-refractivity contribution in [2.75, 3.05) is 6.54 Å². The first-order valence-corrected chi connectivity index (χ1v) is 7.74. The Bertz CT molecular complexity index is 500. The Morgan fingerprint density at radius 3 is 2.95 bits per heavy atom. The zero-order chi connectivity index (χ0) is 14.7. The van der Waals surface area contributed by atoms with Gasteiger partial charge in [0.25, 0.3) is 0 Å². The minimum Gasteiger partial charge on any atom is -0.480 e. The Labute approximate surface area is 122 Å². The highest BCUT2D eigenvalue weighted by molar-refractivity contribution is 7.10. The van der Waals surface area contributed by atoms with E-state index in [2.05, 4.69) is 5.32 Å². The molecule has 2 atom stereocenters.